The second kappa shape index (κ2) is 10.7. The number of aliphatic hydroxyl groups excluding tert-OH is 1. The van der Waals surface area contributed by atoms with Crippen LogP contribution in [0.5, 0.6) is 0 Å². The predicted molar refractivity (Wildman–Crippen MR) is 166 cm³/mol. The summed E-state index contributed by atoms with van der Waals surface area (Å²) in [6, 6.07) is 1.92. The molecular weight excluding hydrogens is 566 g/mol. The van der Waals surface area contributed by atoms with E-state index in [1.165, 1.54) is 11.6 Å². The molecule has 0 spiro atoms. The number of allylic oxidation sites excluding steroid dienone is 10. The molecule has 8 nitrogen and oxygen atoms in total. The monoisotopic (exact) mass is 605 g/mol. The fourth-order valence-electron chi connectivity index (χ4n) is 9.48. The molecule has 2 fully saturated rings. The van der Waals surface area contributed by atoms with Crippen LogP contribution < -0.4 is 0 Å². The van der Waals surface area contributed by atoms with E-state index >= 15 is 0 Å². The van der Waals surface area contributed by atoms with Crippen LogP contribution in [0.1, 0.15) is 73.6 Å². The highest BCUT2D eigenvalue weighted by atomic mass is 16.3. The molecule has 2 unspecified atom stereocenters. The van der Waals surface area contributed by atoms with E-state index in [1.54, 1.807) is 32.1 Å². The quantitative estimate of drug-likeness (QED) is 0.334. The largest absolute Gasteiger partial charge is 0.393 e. The maximum absolute atomic E-state index is 12.7. The number of carbonyl (C=O) groups is 4. The highest BCUT2D eigenvalue weighted by Crippen LogP contribution is 2.63. The van der Waals surface area contributed by atoms with Crippen molar-refractivity contribution in [1.29, 1.82) is 5.26 Å². The van der Waals surface area contributed by atoms with Crippen LogP contribution in [0.25, 0.3) is 9.69 Å². The van der Waals surface area contributed by atoms with Gasteiger partial charge in [0.15, 0.2) is 23.1 Å². The molecular formula is C37H39N3O5. The molecule has 0 aromatic heterocycles. The van der Waals surface area contributed by atoms with Gasteiger partial charge < -0.3 is 14.7 Å². The lowest BCUT2D eigenvalue weighted by molar-refractivity contribution is -0.138. The topological polar surface area (TPSA) is 121 Å². The van der Waals surface area contributed by atoms with E-state index < -0.39 is 33.7 Å². The molecule has 0 aromatic carbocycles. The van der Waals surface area contributed by atoms with Gasteiger partial charge in [0.25, 0.3) is 0 Å². The van der Waals surface area contributed by atoms with Crippen LogP contribution in [0.3, 0.4) is 0 Å². The smallest absolute Gasteiger partial charge is 0.226 e. The highest BCUT2D eigenvalue weighted by Gasteiger charge is 2.62. The predicted octanol–water partition coefficient (Wildman–Crippen LogP) is 6.08. The molecule has 1 N–H and O–H groups in total. The summed E-state index contributed by atoms with van der Waals surface area (Å²) in [6.45, 7) is 25.8. The second-order valence-corrected chi connectivity index (χ2v) is 15.0. The number of hydrogen-bond acceptors (Lipinski definition) is 6. The SMILES string of the molecule is [C-]#[N+]C1=CC2C3=CC(=O)CCC3CC[C@H]2C(C)(C)C1=O.[C-]#[N+]C1=C[C@]2(C)C3=CC(=O)C(C#N)=C[C@]3(C)C[C@H](O)[C@H]2C(C)(C)C1=O. The number of nitriles is 1. The number of aliphatic hydroxyl groups is 1. The summed E-state index contributed by atoms with van der Waals surface area (Å²) < 4.78 is 0. The number of Topliss-reactive ketones (excluding diaryl/α,β-unsaturated/α-hetero) is 2. The Balaban J connectivity index is 0.000000182. The highest BCUT2D eigenvalue weighted by molar-refractivity contribution is 6.09. The third-order valence-corrected chi connectivity index (χ3v) is 11.5. The lowest BCUT2D eigenvalue weighted by Crippen LogP contribution is -2.58. The maximum atomic E-state index is 12.7. The van der Waals surface area contributed by atoms with Crippen molar-refractivity contribution in [1.82, 2.24) is 0 Å². The van der Waals surface area contributed by atoms with Crippen LogP contribution >= 0.6 is 0 Å². The lowest BCUT2D eigenvalue weighted by atomic mass is 9.45. The number of ketones is 4. The van der Waals surface area contributed by atoms with Crippen molar-refractivity contribution >= 4 is 23.1 Å². The van der Waals surface area contributed by atoms with Crippen molar-refractivity contribution in [3.63, 3.8) is 0 Å². The van der Waals surface area contributed by atoms with Gasteiger partial charge in [-0.3, -0.25) is 9.59 Å². The number of rotatable bonds is 0. The molecule has 45 heavy (non-hydrogen) atoms. The second-order valence-electron chi connectivity index (χ2n) is 15.0. The van der Waals surface area contributed by atoms with Crippen LogP contribution in [0, 0.1) is 69.8 Å². The minimum Gasteiger partial charge on any atom is -0.393 e. The number of hydrogen-bond donors (Lipinski definition) is 1. The number of fused-ring (bicyclic) bond motifs is 6. The molecule has 0 heterocycles. The Bertz CT molecular complexity index is 1710. The van der Waals surface area contributed by atoms with E-state index in [-0.39, 0.29) is 51.9 Å². The molecule has 0 aromatic rings. The molecule has 0 amide bonds. The number of nitrogens with zero attached hydrogens (tertiary/aromatic N) is 3. The summed E-state index contributed by atoms with van der Waals surface area (Å²) in [5.41, 5.74) is -0.569. The Morgan fingerprint density at radius 2 is 1.53 bits per heavy atom. The van der Waals surface area contributed by atoms with Crippen molar-refractivity contribution in [3.8, 4) is 6.07 Å². The van der Waals surface area contributed by atoms with Crippen LogP contribution in [-0.2, 0) is 19.2 Å². The fourth-order valence-corrected chi connectivity index (χ4v) is 9.48. The van der Waals surface area contributed by atoms with E-state index in [0.29, 0.717) is 18.8 Å². The van der Waals surface area contributed by atoms with Crippen LogP contribution in [0.4, 0.5) is 0 Å². The normalized spacial score (nSPS) is 37.4. The Morgan fingerprint density at radius 1 is 0.889 bits per heavy atom. The van der Waals surface area contributed by atoms with E-state index in [0.717, 1.165) is 24.8 Å². The van der Waals surface area contributed by atoms with Gasteiger partial charge in [-0.1, -0.05) is 65.3 Å². The van der Waals surface area contributed by atoms with Crippen molar-refractivity contribution in [2.45, 2.75) is 79.8 Å². The molecule has 8 heteroatoms. The van der Waals surface area contributed by atoms with Crippen molar-refractivity contribution in [3.05, 3.63) is 81.3 Å². The first-order chi connectivity index (χ1) is 21.0. The Kier molecular flexibility index (Phi) is 7.67. The maximum Gasteiger partial charge on any atom is 0.226 e. The molecule has 6 aliphatic rings. The van der Waals surface area contributed by atoms with Gasteiger partial charge >= 0.3 is 0 Å². The van der Waals surface area contributed by atoms with Gasteiger partial charge in [-0.2, -0.15) is 5.26 Å². The molecule has 0 saturated heterocycles. The summed E-state index contributed by atoms with van der Waals surface area (Å²) in [7, 11) is 0. The van der Waals surface area contributed by atoms with Gasteiger partial charge in [-0.15, -0.1) is 0 Å². The zero-order valence-electron chi connectivity index (χ0n) is 26.7. The van der Waals surface area contributed by atoms with Crippen LogP contribution in [0.15, 0.2) is 58.5 Å². The molecule has 6 aliphatic carbocycles. The van der Waals surface area contributed by atoms with Crippen molar-refractivity contribution in [2.24, 2.45) is 45.3 Å². The van der Waals surface area contributed by atoms with Crippen LogP contribution in [0.2, 0.25) is 0 Å². The Hall–Kier alpha value is -4.19. The molecule has 232 valence electrons. The lowest BCUT2D eigenvalue weighted by Gasteiger charge is -2.59. The van der Waals surface area contributed by atoms with E-state index in [1.807, 2.05) is 39.8 Å². The average Bonchev–Trinajstić information content (AvgIpc) is 2.97. The summed E-state index contributed by atoms with van der Waals surface area (Å²) in [5.74, 6) is -0.103. The van der Waals surface area contributed by atoms with Gasteiger partial charge in [0.05, 0.1) is 24.8 Å². The van der Waals surface area contributed by atoms with Gasteiger partial charge in [-0.05, 0) is 61.2 Å². The van der Waals surface area contributed by atoms with Gasteiger partial charge in [0, 0.05) is 34.0 Å². The average molecular weight is 606 g/mol. The summed E-state index contributed by atoms with van der Waals surface area (Å²) in [5, 5.41) is 20.1. The summed E-state index contributed by atoms with van der Waals surface area (Å²) in [6.07, 6.45) is 11.6. The van der Waals surface area contributed by atoms with Gasteiger partial charge in [-0.25, -0.2) is 9.69 Å². The fraction of sp³-hybridized carbons (Fsp3) is 0.541. The first kappa shape index (κ1) is 32.2. The first-order valence-corrected chi connectivity index (χ1v) is 15.6. The van der Waals surface area contributed by atoms with E-state index in [2.05, 4.69) is 9.69 Å². The van der Waals surface area contributed by atoms with Gasteiger partial charge in [0.2, 0.25) is 11.4 Å². The summed E-state index contributed by atoms with van der Waals surface area (Å²) in [4.78, 5) is 56.0. The standard InChI is InChI=1S/C20H20N2O3.C17H19NO2/c1-18(2)16-14(24)9-19(3)7-11(10-21)13(23)6-15(19)20(16,4)8-12(22-5)17(18)25;1-17(2)14-7-5-10-4-6-11(19)8-12(10)13(14)9-15(18-3)16(17)20/h6-8,14,16,24H,9H2,1-4H3;8-10,13-14H,4-7H2,1-2H3/t14-,16-,19+,20+;10?,13?,14-/m01/s1. The van der Waals surface area contributed by atoms with Crippen molar-refractivity contribution in [2.75, 3.05) is 0 Å². The van der Waals surface area contributed by atoms with E-state index in [9.17, 15) is 29.5 Å². The number of carbonyl (C=O) groups excluding carboxylic acids is 4. The zero-order chi connectivity index (χ0) is 33.3. The molecule has 0 radical (unpaired) electrons. The Morgan fingerprint density at radius 3 is 2.16 bits per heavy atom. The molecule has 2 saturated carbocycles. The molecule has 7 atom stereocenters. The molecule has 0 aliphatic heterocycles. The molecule has 6 rings (SSSR count). The zero-order valence-corrected chi connectivity index (χ0v) is 26.7. The molecule has 0 bridgehead atoms. The van der Waals surface area contributed by atoms with Crippen LogP contribution in [-0.4, -0.2) is 34.3 Å². The third-order valence-electron chi connectivity index (χ3n) is 11.5. The Labute approximate surface area is 264 Å². The van der Waals surface area contributed by atoms with Gasteiger partial charge in [0.1, 0.15) is 6.07 Å². The minimum atomic E-state index is -0.923. The summed E-state index contributed by atoms with van der Waals surface area (Å²) >= 11 is 0. The van der Waals surface area contributed by atoms with E-state index in [4.69, 9.17) is 13.1 Å². The van der Waals surface area contributed by atoms with Crippen molar-refractivity contribution < 1.29 is 24.3 Å². The minimum absolute atomic E-state index is 0.0325. The first-order valence-electron chi connectivity index (χ1n) is 15.6. The third kappa shape index (κ3) is 4.81.